The Morgan fingerprint density at radius 2 is 1.40 bits per heavy atom. The summed E-state index contributed by atoms with van der Waals surface area (Å²) >= 11 is 0. The quantitative estimate of drug-likeness (QED) is 0.635. The third-order valence-corrected chi connectivity index (χ3v) is 5.29. The summed E-state index contributed by atoms with van der Waals surface area (Å²) in [5, 5.41) is 2.92. The van der Waals surface area contributed by atoms with Crippen LogP contribution >= 0.6 is 0 Å². The largest absolute Gasteiger partial charge is 0.322 e. The van der Waals surface area contributed by atoms with E-state index in [1.54, 1.807) is 6.92 Å². The normalized spacial score (nSPS) is 10.7. The summed E-state index contributed by atoms with van der Waals surface area (Å²) in [6.45, 7) is 10.9. The number of hydrogen-bond donors (Lipinski definition) is 1. The van der Waals surface area contributed by atoms with Crippen LogP contribution in [0.5, 0.6) is 0 Å². The molecule has 1 heterocycles. The molecule has 0 aliphatic rings. The highest BCUT2D eigenvalue weighted by Gasteiger charge is 2.21. The van der Waals surface area contributed by atoms with E-state index in [1.165, 1.54) is 17.6 Å². The lowest BCUT2D eigenvalue weighted by Crippen LogP contribution is -2.30. The van der Waals surface area contributed by atoms with Crippen LogP contribution in [-0.4, -0.2) is 16.3 Å². The third-order valence-electron chi connectivity index (χ3n) is 5.29. The fraction of sp³-hybridized carbons (Fsp3) is 0.240. The molecule has 0 saturated carbocycles. The molecular formula is C25H26N2O3. The van der Waals surface area contributed by atoms with Crippen LogP contribution < -0.4 is 10.9 Å². The van der Waals surface area contributed by atoms with E-state index in [9.17, 15) is 14.4 Å². The van der Waals surface area contributed by atoms with Gasteiger partial charge < -0.3 is 5.32 Å². The Labute approximate surface area is 176 Å². The number of ketones is 1. The number of nitrogens with one attached hydrogen (secondary N) is 1. The second-order valence-electron chi connectivity index (χ2n) is 7.82. The molecule has 1 N–H and O–H groups in total. The molecule has 1 aromatic heterocycles. The number of carbonyl (C=O) groups is 2. The van der Waals surface area contributed by atoms with Crippen molar-refractivity contribution < 1.29 is 9.59 Å². The molecule has 3 rings (SSSR count). The number of nitrogens with zero attached hydrogens (tertiary/aromatic N) is 1. The third kappa shape index (κ3) is 3.96. The Kier molecular flexibility index (Phi) is 5.74. The van der Waals surface area contributed by atoms with Crippen molar-refractivity contribution in [3.63, 3.8) is 0 Å². The van der Waals surface area contributed by atoms with Crippen LogP contribution in [0.25, 0.3) is 5.69 Å². The maximum atomic E-state index is 13.1. The summed E-state index contributed by atoms with van der Waals surface area (Å²) < 4.78 is 1.46. The number of rotatable bonds is 4. The van der Waals surface area contributed by atoms with Crippen LogP contribution in [0.1, 0.15) is 55.6 Å². The van der Waals surface area contributed by atoms with Gasteiger partial charge in [0.2, 0.25) is 0 Å². The van der Waals surface area contributed by atoms with Gasteiger partial charge in [-0.05, 0) is 70.9 Å². The molecule has 30 heavy (non-hydrogen) atoms. The summed E-state index contributed by atoms with van der Waals surface area (Å²) in [4.78, 5) is 38.4. The molecule has 5 heteroatoms. The lowest BCUT2D eigenvalue weighted by molar-refractivity contribution is 0.101. The number of aryl methyl sites for hydroxylation is 4. The SMILES string of the molecule is CC(=O)c1cc(C(=O)Nc2ccc(C)cc2C)c(C)n(-c2ccc(C)cc2C)c1=O. The van der Waals surface area contributed by atoms with Crippen LogP contribution in [0.15, 0.2) is 47.3 Å². The van der Waals surface area contributed by atoms with Crippen molar-refractivity contribution in [2.75, 3.05) is 5.32 Å². The summed E-state index contributed by atoms with van der Waals surface area (Å²) in [6.07, 6.45) is 0. The molecule has 0 aliphatic heterocycles. The first-order valence-corrected chi connectivity index (χ1v) is 9.84. The maximum absolute atomic E-state index is 13.1. The van der Waals surface area contributed by atoms with Gasteiger partial charge in [-0.3, -0.25) is 19.0 Å². The molecule has 0 fully saturated rings. The second-order valence-corrected chi connectivity index (χ2v) is 7.82. The van der Waals surface area contributed by atoms with Gasteiger partial charge in [0.15, 0.2) is 5.78 Å². The number of amides is 1. The number of Topliss-reactive ketones (excluding diaryl/α,β-unsaturated/α-hetero) is 1. The number of aromatic nitrogens is 1. The van der Waals surface area contributed by atoms with Crippen molar-refractivity contribution in [2.45, 2.75) is 41.5 Å². The number of hydrogen-bond acceptors (Lipinski definition) is 3. The molecule has 2 aromatic carbocycles. The molecule has 0 unspecified atom stereocenters. The van der Waals surface area contributed by atoms with Crippen LogP contribution in [0.3, 0.4) is 0 Å². The zero-order valence-electron chi connectivity index (χ0n) is 18.2. The van der Waals surface area contributed by atoms with Crippen molar-refractivity contribution in [1.82, 2.24) is 4.57 Å². The van der Waals surface area contributed by atoms with Crippen LogP contribution in [0.4, 0.5) is 5.69 Å². The van der Waals surface area contributed by atoms with Gasteiger partial charge in [-0.25, -0.2) is 0 Å². The molecule has 0 spiro atoms. The first kappa shape index (κ1) is 21.2. The van der Waals surface area contributed by atoms with E-state index < -0.39 is 5.56 Å². The van der Waals surface area contributed by atoms with E-state index in [2.05, 4.69) is 5.32 Å². The molecule has 1 amide bonds. The highest BCUT2D eigenvalue weighted by atomic mass is 16.2. The summed E-state index contributed by atoms with van der Waals surface area (Å²) in [5.74, 6) is -0.737. The molecule has 5 nitrogen and oxygen atoms in total. The molecule has 3 aromatic rings. The number of benzene rings is 2. The van der Waals surface area contributed by atoms with E-state index in [-0.39, 0.29) is 17.3 Å². The highest BCUT2D eigenvalue weighted by Crippen LogP contribution is 2.21. The van der Waals surface area contributed by atoms with Crippen LogP contribution in [0, 0.1) is 34.6 Å². The van der Waals surface area contributed by atoms with Gasteiger partial charge >= 0.3 is 0 Å². The average molecular weight is 402 g/mol. The fourth-order valence-electron chi connectivity index (χ4n) is 3.68. The first-order chi connectivity index (χ1) is 14.1. The van der Waals surface area contributed by atoms with Gasteiger partial charge in [0.1, 0.15) is 0 Å². The van der Waals surface area contributed by atoms with Gasteiger partial charge in [-0.2, -0.15) is 0 Å². The Morgan fingerprint density at radius 1 is 0.800 bits per heavy atom. The van der Waals surface area contributed by atoms with Crippen molar-refractivity contribution >= 4 is 17.4 Å². The molecule has 0 aliphatic carbocycles. The fourth-order valence-corrected chi connectivity index (χ4v) is 3.68. The minimum atomic E-state index is -0.421. The van der Waals surface area contributed by atoms with Crippen molar-refractivity contribution in [3.8, 4) is 5.69 Å². The summed E-state index contributed by atoms with van der Waals surface area (Å²) in [7, 11) is 0. The lowest BCUT2D eigenvalue weighted by atomic mass is 10.0. The Hall–Kier alpha value is -3.47. The number of anilines is 1. The topological polar surface area (TPSA) is 68.2 Å². The lowest BCUT2D eigenvalue weighted by Gasteiger charge is -2.18. The average Bonchev–Trinajstić information content (AvgIpc) is 2.65. The van der Waals surface area contributed by atoms with Gasteiger partial charge in [0.05, 0.1) is 16.8 Å². The maximum Gasteiger partial charge on any atom is 0.266 e. The number of pyridine rings is 1. The smallest absolute Gasteiger partial charge is 0.266 e. The molecule has 0 bridgehead atoms. The number of carbonyl (C=O) groups excluding carboxylic acids is 2. The highest BCUT2D eigenvalue weighted by molar-refractivity contribution is 6.07. The zero-order valence-corrected chi connectivity index (χ0v) is 18.2. The van der Waals surface area contributed by atoms with E-state index in [0.29, 0.717) is 22.6 Å². The minimum Gasteiger partial charge on any atom is -0.322 e. The summed E-state index contributed by atoms with van der Waals surface area (Å²) in [5.41, 5.74) is 5.70. The van der Waals surface area contributed by atoms with Gasteiger partial charge in [0, 0.05) is 11.4 Å². The van der Waals surface area contributed by atoms with Crippen LogP contribution in [-0.2, 0) is 0 Å². The predicted octanol–water partition coefficient (Wildman–Crippen LogP) is 4.83. The van der Waals surface area contributed by atoms with E-state index in [0.717, 1.165) is 22.3 Å². The monoisotopic (exact) mass is 402 g/mol. The van der Waals surface area contributed by atoms with Crippen molar-refractivity contribution in [2.24, 2.45) is 0 Å². The van der Waals surface area contributed by atoms with Crippen molar-refractivity contribution in [3.05, 3.63) is 91.9 Å². The van der Waals surface area contributed by atoms with Gasteiger partial charge in [0.25, 0.3) is 11.5 Å². The Balaban J connectivity index is 2.20. The molecular weight excluding hydrogens is 376 g/mol. The van der Waals surface area contributed by atoms with E-state index >= 15 is 0 Å². The molecule has 154 valence electrons. The summed E-state index contributed by atoms with van der Waals surface area (Å²) in [6, 6.07) is 12.9. The van der Waals surface area contributed by atoms with Gasteiger partial charge in [-0.15, -0.1) is 0 Å². The van der Waals surface area contributed by atoms with Gasteiger partial charge in [-0.1, -0.05) is 35.4 Å². The molecule has 0 saturated heterocycles. The predicted molar refractivity (Wildman–Crippen MR) is 120 cm³/mol. The minimum absolute atomic E-state index is 0.00801. The zero-order chi connectivity index (χ0) is 22.2. The molecule has 0 atom stereocenters. The first-order valence-electron chi connectivity index (χ1n) is 9.84. The van der Waals surface area contributed by atoms with E-state index in [1.807, 2.05) is 64.1 Å². The Bertz CT molecular complexity index is 1240. The second kappa shape index (κ2) is 8.11. The Morgan fingerprint density at radius 3 is 1.97 bits per heavy atom. The standard InChI is InChI=1S/C25H26N2O3/c1-14-7-9-22(16(3)11-14)26-24(29)20-13-21(19(6)28)25(30)27(18(20)5)23-10-8-15(2)12-17(23)4/h7-13H,1-6H3,(H,26,29). The molecule has 0 radical (unpaired) electrons. The van der Waals surface area contributed by atoms with Crippen LogP contribution in [0.2, 0.25) is 0 Å². The van der Waals surface area contributed by atoms with E-state index in [4.69, 9.17) is 0 Å². The van der Waals surface area contributed by atoms with Crippen molar-refractivity contribution in [1.29, 1.82) is 0 Å².